The van der Waals surface area contributed by atoms with Gasteiger partial charge in [0.2, 0.25) is 0 Å². The van der Waals surface area contributed by atoms with Crippen LogP contribution in [0.1, 0.15) is 71.8 Å². The molecule has 5 heteroatoms. The number of Topliss-reactive ketones (excluding diaryl/α,β-unsaturated/α-hetero) is 2. The molecular weight excluding hydrogens is 414 g/mol. The monoisotopic (exact) mass is 451 g/mol. The maximum Gasteiger partial charge on any atom is 0.162 e. The summed E-state index contributed by atoms with van der Waals surface area (Å²) in [5.41, 5.74) is 4.36. The van der Waals surface area contributed by atoms with Crippen molar-refractivity contribution in [2.75, 3.05) is 26.9 Å². The number of rotatable bonds is 6. The first kappa shape index (κ1) is 23.7. The smallest absolute Gasteiger partial charge is 0.162 e. The number of allylic oxidation sites excluding steroid dienone is 4. The molecule has 0 fully saturated rings. The molecule has 178 valence electrons. The zero-order chi connectivity index (χ0) is 24.0. The molecule has 2 aliphatic carbocycles. The van der Waals surface area contributed by atoms with Crippen LogP contribution in [0.3, 0.4) is 0 Å². The zero-order valence-corrected chi connectivity index (χ0v) is 20.9. The average molecular weight is 452 g/mol. The lowest BCUT2D eigenvalue weighted by molar-refractivity contribution is -0.119. The van der Waals surface area contributed by atoms with Crippen molar-refractivity contribution in [2.24, 2.45) is 10.8 Å². The highest BCUT2D eigenvalue weighted by atomic mass is 16.5. The molecule has 0 N–H and O–H groups in total. The number of para-hydroxylation sites is 1. The third-order valence-electron chi connectivity index (χ3n) is 7.07. The van der Waals surface area contributed by atoms with Crippen molar-refractivity contribution in [3.63, 3.8) is 0 Å². The molecule has 0 aromatic heterocycles. The maximum atomic E-state index is 13.7. The molecule has 3 aliphatic rings. The van der Waals surface area contributed by atoms with Crippen molar-refractivity contribution in [2.45, 2.75) is 66.2 Å². The third kappa shape index (κ3) is 4.40. The molecule has 0 unspecified atom stereocenters. The fourth-order valence-electron chi connectivity index (χ4n) is 5.82. The molecule has 5 nitrogen and oxygen atoms in total. The van der Waals surface area contributed by atoms with Crippen LogP contribution >= 0.6 is 0 Å². The lowest BCUT2D eigenvalue weighted by atomic mass is 9.63. The van der Waals surface area contributed by atoms with Crippen LogP contribution in [-0.4, -0.2) is 43.3 Å². The summed E-state index contributed by atoms with van der Waals surface area (Å²) >= 11 is 0. The van der Waals surface area contributed by atoms with Gasteiger partial charge in [-0.1, -0.05) is 45.9 Å². The van der Waals surface area contributed by atoms with E-state index in [1.54, 1.807) is 7.11 Å². The van der Waals surface area contributed by atoms with E-state index in [9.17, 15) is 9.59 Å². The number of methoxy groups -OCH3 is 1. The molecule has 0 amide bonds. The van der Waals surface area contributed by atoms with E-state index in [0.29, 0.717) is 32.6 Å². The van der Waals surface area contributed by atoms with Crippen molar-refractivity contribution >= 4 is 11.6 Å². The summed E-state index contributed by atoms with van der Waals surface area (Å²) in [5, 5.41) is 0. The standard InChI is InChI=1S/C28H37NO4/c1-7-33-23-11-9-8-10-18(23)24-25-19(14-27(2,3)16-21(25)30)29(12-13-32-6)20-15-28(4,5)17-22(31)26(20)24/h8-11,24H,7,12-17H2,1-6H3. The highest BCUT2D eigenvalue weighted by molar-refractivity contribution is 6.07. The molecule has 1 aromatic rings. The fourth-order valence-corrected chi connectivity index (χ4v) is 5.82. The van der Waals surface area contributed by atoms with Crippen LogP contribution in [0.5, 0.6) is 5.75 Å². The van der Waals surface area contributed by atoms with E-state index in [1.165, 1.54) is 0 Å². The molecule has 0 saturated heterocycles. The Bertz CT molecular complexity index is 976. The lowest BCUT2D eigenvalue weighted by Gasteiger charge is -2.49. The van der Waals surface area contributed by atoms with Gasteiger partial charge >= 0.3 is 0 Å². The van der Waals surface area contributed by atoms with Crippen LogP contribution in [0, 0.1) is 10.8 Å². The van der Waals surface area contributed by atoms with E-state index in [-0.39, 0.29) is 28.3 Å². The molecule has 33 heavy (non-hydrogen) atoms. The fraction of sp³-hybridized carbons (Fsp3) is 0.571. The van der Waals surface area contributed by atoms with Gasteiger partial charge in [-0.3, -0.25) is 9.59 Å². The van der Waals surface area contributed by atoms with Crippen molar-refractivity contribution in [3.05, 3.63) is 52.4 Å². The summed E-state index contributed by atoms with van der Waals surface area (Å²) in [6, 6.07) is 7.90. The Morgan fingerprint density at radius 2 is 1.45 bits per heavy atom. The Kier molecular flexibility index (Phi) is 6.30. The minimum atomic E-state index is -0.372. The van der Waals surface area contributed by atoms with Crippen LogP contribution < -0.4 is 4.74 Å². The van der Waals surface area contributed by atoms with Crippen LogP contribution in [0.2, 0.25) is 0 Å². The van der Waals surface area contributed by atoms with E-state index < -0.39 is 0 Å². The minimum Gasteiger partial charge on any atom is -0.494 e. The predicted octanol–water partition coefficient (Wildman–Crippen LogP) is 5.42. The van der Waals surface area contributed by atoms with E-state index in [1.807, 2.05) is 31.2 Å². The Morgan fingerprint density at radius 3 is 1.97 bits per heavy atom. The van der Waals surface area contributed by atoms with E-state index >= 15 is 0 Å². The Balaban J connectivity index is 2.00. The Labute approximate surface area is 197 Å². The number of ketones is 2. The van der Waals surface area contributed by atoms with Crippen molar-refractivity contribution in [3.8, 4) is 5.75 Å². The quantitative estimate of drug-likeness (QED) is 0.578. The molecule has 1 heterocycles. The molecule has 0 saturated carbocycles. The molecule has 1 aromatic carbocycles. The number of ether oxygens (including phenoxy) is 2. The topological polar surface area (TPSA) is 55.8 Å². The summed E-state index contributed by atoms with van der Waals surface area (Å²) in [5.74, 6) is 0.668. The van der Waals surface area contributed by atoms with Crippen LogP contribution in [-0.2, 0) is 14.3 Å². The summed E-state index contributed by atoms with van der Waals surface area (Å²) in [6.07, 6.45) is 2.58. The van der Waals surface area contributed by atoms with E-state index in [2.05, 4.69) is 32.6 Å². The molecule has 0 radical (unpaired) electrons. The van der Waals surface area contributed by atoms with Gasteiger partial charge in [-0.2, -0.15) is 0 Å². The number of nitrogens with zero attached hydrogens (tertiary/aromatic N) is 1. The van der Waals surface area contributed by atoms with Crippen molar-refractivity contribution in [1.29, 1.82) is 0 Å². The van der Waals surface area contributed by atoms with Crippen LogP contribution in [0.4, 0.5) is 0 Å². The summed E-state index contributed by atoms with van der Waals surface area (Å²) in [7, 11) is 1.70. The molecule has 0 atom stereocenters. The summed E-state index contributed by atoms with van der Waals surface area (Å²) in [6.45, 7) is 12.3. The first-order chi connectivity index (χ1) is 15.6. The Hall–Kier alpha value is -2.40. The third-order valence-corrected chi connectivity index (χ3v) is 7.07. The van der Waals surface area contributed by atoms with Gasteiger partial charge in [0, 0.05) is 60.5 Å². The van der Waals surface area contributed by atoms with Crippen molar-refractivity contribution in [1.82, 2.24) is 4.90 Å². The maximum absolute atomic E-state index is 13.7. The van der Waals surface area contributed by atoms with Gasteiger partial charge in [-0.25, -0.2) is 0 Å². The lowest BCUT2D eigenvalue weighted by Crippen LogP contribution is -2.45. The van der Waals surface area contributed by atoms with Gasteiger partial charge in [0.25, 0.3) is 0 Å². The first-order valence-corrected chi connectivity index (χ1v) is 12.1. The van der Waals surface area contributed by atoms with E-state index in [4.69, 9.17) is 9.47 Å². The molecule has 4 rings (SSSR count). The molecule has 0 bridgehead atoms. The number of hydrogen-bond acceptors (Lipinski definition) is 5. The zero-order valence-electron chi connectivity index (χ0n) is 20.9. The molecule has 1 aliphatic heterocycles. The Morgan fingerprint density at radius 1 is 0.909 bits per heavy atom. The van der Waals surface area contributed by atoms with Gasteiger partial charge in [-0.05, 0) is 36.7 Å². The highest BCUT2D eigenvalue weighted by Gasteiger charge is 2.49. The summed E-state index contributed by atoms with van der Waals surface area (Å²) in [4.78, 5) is 29.7. The molecule has 0 spiro atoms. The largest absolute Gasteiger partial charge is 0.494 e. The van der Waals surface area contributed by atoms with Gasteiger partial charge in [0.05, 0.1) is 13.2 Å². The number of carbonyl (C=O) groups excluding carboxylic acids is 2. The van der Waals surface area contributed by atoms with Gasteiger partial charge in [0.1, 0.15) is 5.75 Å². The van der Waals surface area contributed by atoms with Crippen LogP contribution in [0.15, 0.2) is 46.8 Å². The predicted molar refractivity (Wildman–Crippen MR) is 129 cm³/mol. The second kappa shape index (κ2) is 8.75. The minimum absolute atomic E-state index is 0.127. The van der Waals surface area contributed by atoms with Crippen molar-refractivity contribution < 1.29 is 19.1 Å². The second-order valence-electron chi connectivity index (χ2n) is 11.2. The van der Waals surface area contributed by atoms with Gasteiger partial charge < -0.3 is 14.4 Å². The second-order valence-corrected chi connectivity index (χ2v) is 11.2. The average Bonchev–Trinajstić information content (AvgIpc) is 2.71. The SMILES string of the molecule is CCOc1ccccc1C1C2=C(CC(C)(C)CC2=O)N(CCOC)C2=C1C(=O)CC(C)(C)C2. The first-order valence-electron chi connectivity index (χ1n) is 12.1. The number of hydrogen-bond donors (Lipinski definition) is 0. The summed E-state index contributed by atoms with van der Waals surface area (Å²) < 4.78 is 11.4. The molecular formula is C28H37NO4. The highest BCUT2D eigenvalue weighted by Crippen LogP contribution is 2.55. The normalized spacial score (nSPS) is 22.4. The van der Waals surface area contributed by atoms with Gasteiger partial charge in [-0.15, -0.1) is 0 Å². The van der Waals surface area contributed by atoms with Gasteiger partial charge in [0.15, 0.2) is 11.6 Å². The number of benzene rings is 1. The van der Waals surface area contributed by atoms with Crippen LogP contribution in [0.25, 0.3) is 0 Å². The number of carbonyl (C=O) groups is 2. The van der Waals surface area contributed by atoms with E-state index in [0.717, 1.165) is 46.7 Å².